The first-order valence-corrected chi connectivity index (χ1v) is 9.12. The maximum atomic E-state index is 13.0. The van der Waals surface area contributed by atoms with Gasteiger partial charge in [0, 0.05) is 35.0 Å². The number of aromatic nitrogens is 2. The Morgan fingerprint density at radius 3 is 3.00 bits per heavy atom. The second-order valence-electron chi connectivity index (χ2n) is 7.68. The van der Waals surface area contributed by atoms with E-state index in [-0.39, 0.29) is 17.4 Å². The second-order valence-corrected chi connectivity index (χ2v) is 8.11. The number of hydrogen-bond donors (Lipinski definition) is 1. The number of H-pyrrole nitrogens is 1. The molecule has 0 aliphatic carbocycles. The molecule has 5 nitrogen and oxygen atoms in total. The van der Waals surface area contributed by atoms with Crippen molar-refractivity contribution >= 4 is 39.2 Å². The highest BCUT2D eigenvalue weighted by atomic mass is 35.5. The van der Waals surface area contributed by atoms with Crippen LogP contribution in [-0.4, -0.2) is 52.5 Å². The molecule has 6 heteroatoms. The molecule has 3 aromatic rings. The van der Waals surface area contributed by atoms with Crippen molar-refractivity contribution in [2.75, 3.05) is 20.2 Å². The quantitative estimate of drug-likeness (QED) is 0.764. The van der Waals surface area contributed by atoms with Crippen LogP contribution in [0.5, 0.6) is 0 Å². The van der Waals surface area contributed by atoms with E-state index >= 15 is 0 Å². The monoisotopic (exact) mass is 371 g/mol. The summed E-state index contributed by atoms with van der Waals surface area (Å²) in [5.74, 6) is 0.142. The van der Waals surface area contributed by atoms with E-state index in [0.717, 1.165) is 33.9 Å². The van der Waals surface area contributed by atoms with Crippen LogP contribution in [-0.2, 0) is 16.0 Å². The molecule has 0 spiro atoms. The fraction of sp³-hybridized carbons (Fsp3) is 0.400. The molecule has 4 rings (SSSR count). The van der Waals surface area contributed by atoms with Crippen molar-refractivity contribution in [2.24, 2.45) is 0 Å². The summed E-state index contributed by atoms with van der Waals surface area (Å²) < 4.78 is 5.86. The first kappa shape index (κ1) is 17.5. The molecular formula is C20H22ClN3O2. The number of fused-ring (bicyclic) bond motifs is 3. The Bertz CT molecular complexity index is 995. The number of benzene rings is 1. The summed E-state index contributed by atoms with van der Waals surface area (Å²) in [5, 5.41) is 2.71. The molecule has 2 aromatic heterocycles. The predicted octanol–water partition coefficient (Wildman–Crippen LogP) is 3.59. The zero-order valence-electron chi connectivity index (χ0n) is 15.2. The van der Waals surface area contributed by atoms with Gasteiger partial charge in [0.2, 0.25) is 0 Å². The summed E-state index contributed by atoms with van der Waals surface area (Å²) in [6, 6.07) is 5.53. The number of ether oxygens (including phenoxy) is 1. The minimum absolute atomic E-state index is 0.142. The summed E-state index contributed by atoms with van der Waals surface area (Å²) in [6.07, 6.45) is 3.87. The molecule has 0 saturated carbocycles. The van der Waals surface area contributed by atoms with E-state index in [1.807, 2.05) is 39.1 Å². The lowest BCUT2D eigenvalue weighted by Gasteiger charge is -2.41. The second kappa shape index (κ2) is 6.34. The third kappa shape index (κ3) is 3.11. The van der Waals surface area contributed by atoms with E-state index in [1.165, 1.54) is 0 Å². The number of Topliss-reactive ketones (excluding diaryl/α,β-unsaturated/α-hetero) is 1. The fourth-order valence-corrected chi connectivity index (χ4v) is 4.10. The third-order valence-corrected chi connectivity index (χ3v) is 5.30. The molecule has 0 amide bonds. The normalized spacial score (nSPS) is 20.7. The maximum Gasteiger partial charge on any atom is 0.156 e. The fourth-order valence-electron chi connectivity index (χ4n) is 3.86. The summed E-state index contributed by atoms with van der Waals surface area (Å²) in [5.41, 5.74) is 2.58. The highest BCUT2D eigenvalue weighted by Gasteiger charge is 2.35. The van der Waals surface area contributed by atoms with Crippen molar-refractivity contribution < 1.29 is 9.53 Å². The number of nitrogens with one attached hydrogen (secondary N) is 1. The van der Waals surface area contributed by atoms with Crippen LogP contribution in [0.2, 0.25) is 5.02 Å². The van der Waals surface area contributed by atoms with Gasteiger partial charge in [0.25, 0.3) is 0 Å². The Kier molecular flexibility index (Phi) is 4.26. The molecule has 1 aliphatic heterocycles. The summed E-state index contributed by atoms with van der Waals surface area (Å²) >= 11 is 6.34. The first-order chi connectivity index (χ1) is 12.3. The van der Waals surface area contributed by atoms with Crippen molar-refractivity contribution in [1.82, 2.24) is 14.9 Å². The summed E-state index contributed by atoms with van der Waals surface area (Å²) in [4.78, 5) is 22.6. The van der Waals surface area contributed by atoms with Gasteiger partial charge < -0.3 is 9.72 Å². The van der Waals surface area contributed by atoms with E-state index in [4.69, 9.17) is 16.3 Å². The Morgan fingerprint density at radius 2 is 2.23 bits per heavy atom. The molecule has 0 radical (unpaired) electrons. The number of aromatic amines is 1. The number of pyridine rings is 1. The average Bonchev–Trinajstić information content (AvgIpc) is 2.93. The van der Waals surface area contributed by atoms with Gasteiger partial charge in [0.1, 0.15) is 0 Å². The van der Waals surface area contributed by atoms with Crippen molar-refractivity contribution in [3.05, 3.63) is 41.2 Å². The molecule has 1 aromatic carbocycles. The standard InChI is InChI=1S/C20H22ClN3O2/c1-20(2)11-24(3)17(10-26-20)18(25)7-12-6-13(21)8-15-14-4-5-22-9-16(14)23-19(12)15/h4-6,8-9,17,23H,7,10-11H2,1-3H3/t17-/m0/s1. The highest BCUT2D eigenvalue weighted by Crippen LogP contribution is 2.31. The number of hydrogen-bond acceptors (Lipinski definition) is 4. The first-order valence-electron chi connectivity index (χ1n) is 8.75. The van der Waals surface area contributed by atoms with Crippen molar-refractivity contribution in [2.45, 2.75) is 31.9 Å². The molecule has 1 saturated heterocycles. The molecule has 1 atom stereocenters. The van der Waals surface area contributed by atoms with Crippen LogP contribution in [0, 0.1) is 0 Å². The van der Waals surface area contributed by atoms with Gasteiger partial charge in [-0.3, -0.25) is 14.7 Å². The molecule has 1 aliphatic rings. The number of halogens is 1. The van der Waals surface area contributed by atoms with Crippen LogP contribution >= 0.6 is 11.6 Å². The Morgan fingerprint density at radius 1 is 1.42 bits per heavy atom. The number of ketones is 1. The van der Waals surface area contributed by atoms with Crippen molar-refractivity contribution in [1.29, 1.82) is 0 Å². The molecule has 136 valence electrons. The molecule has 3 heterocycles. The Labute approximate surface area is 157 Å². The van der Waals surface area contributed by atoms with Gasteiger partial charge in [-0.25, -0.2) is 0 Å². The summed E-state index contributed by atoms with van der Waals surface area (Å²) in [7, 11) is 1.98. The van der Waals surface area contributed by atoms with Gasteiger partial charge in [-0.05, 0) is 44.7 Å². The Balaban J connectivity index is 1.68. The number of rotatable bonds is 3. The van der Waals surface area contributed by atoms with Crippen molar-refractivity contribution in [3.8, 4) is 0 Å². The van der Waals surface area contributed by atoms with Crippen LogP contribution in [0.15, 0.2) is 30.6 Å². The number of carbonyl (C=O) groups excluding carboxylic acids is 1. The number of likely N-dealkylation sites (N-methyl/N-ethyl adjacent to an activating group) is 1. The highest BCUT2D eigenvalue weighted by molar-refractivity contribution is 6.32. The van der Waals surface area contributed by atoms with Crippen LogP contribution < -0.4 is 0 Å². The minimum atomic E-state index is -0.233. The topological polar surface area (TPSA) is 58.2 Å². The van der Waals surface area contributed by atoms with Crippen LogP contribution in [0.3, 0.4) is 0 Å². The van der Waals surface area contributed by atoms with E-state index in [2.05, 4.69) is 14.9 Å². The maximum absolute atomic E-state index is 13.0. The number of morpholine rings is 1. The lowest BCUT2D eigenvalue weighted by molar-refractivity contribution is -0.142. The lowest BCUT2D eigenvalue weighted by Crippen LogP contribution is -2.55. The predicted molar refractivity (Wildman–Crippen MR) is 104 cm³/mol. The third-order valence-electron chi connectivity index (χ3n) is 5.09. The largest absolute Gasteiger partial charge is 0.372 e. The number of nitrogens with zero attached hydrogens (tertiary/aromatic N) is 2. The lowest BCUT2D eigenvalue weighted by atomic mass is 9.97. The van der Waals surface area contributed by atoms with E-state index in [1.54, 1.807) is 12.4 Å². The van der Waals surface area contributed by atoms with Crippen LogP contribution in [0.1, 0.15) is 19.4 Å². The van der Waals surface area contributed by atoms with Crippen molar-refractivity contribution in [3.63, 3.8) is 0 Å². The van der Waals surface area contributed by atoms with Crippen LogP contribution in [0.4, 0.5) is 0 Å². The SMILES string of the molecule is CN1CC(C)(C)OC[C@H]1C(=O)Cc1cc(Cl)cc2c1[nH]c1cnccc12. The van der Waals surface area contributed by atoms with Gasteiger partial charge in [0.05, 0.1) is 35.5 Å². The Hall–Kier alpha value is -1.95. The van der Waals surface area contributed by atoms with Gasteiger partial charge in [-0.2, -0.15) is 0 Å². The van der Waals surface area contributed by atoms with E-state index in [0.29, 0.717) is 18.1 Å². The molecule has 1 N–H and O–H groups in total. The van der Waals surface area contributed by atoms with Gasteiger partial charge in [0.15, 0.2) is 5.78 Å². The van der Waals surface area contributed by atoms with Gasteiger partial charge >= 0.3 is 0 Å². The molecular weight excluding hydrogens is 350 g/mol. The average molecular weight is 372 g/mol. The zero-order chi connectivity index (χ0) is 18.5. The molecule has 0 unspecified atom stereocenters. The van der Waals surface area contributed by atoms with Crippen LogP contribution in [0.25, 0.3) is 21.8 Å². The molecule has 0 bridgehead atoms. The molecule has 1 fully saturated rings. The molecule has 26 heavy (non-hydrogen) atoms. The van der Waals surface area contributed by atoms with E-state index in [9.17, 15) is 4.79 Å². The number of carbonyl (C=O) groups is 1. The summed E-state index contributed by atoms with van der Waals surface area (Å²) in [6.45, 7) is 5.24. The van der Waals surface area contributed by atoms with Gasteiger partial charge in [-0.15, -0.1) is 0 Å². The van der Waals surface area contributed by atoms with Gasteiger partial charge in [-0.1, -0.05) is 11.6 Å². The zero-order valence-corrected chi connectivity index (χ0v) is 15.9. The smallest absolute Gasteiger partial charge is 0.156 e. The minimum Gasteiger partial charge on any atom is -0.372 e. The van der Waals surface area contributed by atoms with E-state index < -0.39 is 0 Å².